The smallest absolute Gasteiger partial charge is 0.310 e. The number of hydrogen-bond donors (Lipinski definition) is 1. The minimum absolute atomic E-state index is 0.199. The Balaban J connectivity index is 1.84. The van der Waals surface area contributed by atoms with Gasteiger partial charge in [-0.15, -0.1) is 0 Å². The fourth-order valence-corrected chi connectivity index (χ4v) is 1.97. The highest BCUT2D eigenvalue weighted by atomic mass is 16.4. The van der Waals surface area contributed by atoms with Gasteiger partial charge in [-0.3, -0.25) is 14.6 Å². The minimum atomic E-state index is -0.861. The number of carboxylic acids is 1. The van der Waals surface area contributed by atoms with Gasteiger partial charge >= 0.3 is 5.97 Å². The molecular formula is C11H10N4O3. The van der Waals surface area contributed by atoms with Gasteiger partial charge in [0.2, 0.25) is 0 Å². The Kier molecular flexibility index (Phi) is 2.26. The molecule has 1 fully saturated rings. The molecule has 7 heteroatoms. The monoisotopic (exact) mass is 246 g/mol. The predicted octanol–water partition coefficient (Wildman–Crippen LogP) is -0.114. The van der Waals surface area contributed by atoms with Crippen molar-refractivity contribution in [3.8, 4) is 0 Å². The first-order valence-electron chi connectivity index (χ1n) is 5.46. The average Bonchev–Trinajstić information content (AvgIpc) is 2.69. The van der Waals surface area contributed by atoms with Crippen LogP contribution in [-0.4, -0.2) is 49.6 Å². The van der Waals surface area contributed by atoms with E-state index in [1.807, 2.05) is 0 Å². The number of carbonyl (C=O) groups excluding carboxylic acids is 1. The summed E-state index contributed by atoms with van der Waals surface area (Å²) in [6, 6.07) is 0. The molecule has 7 nitrogen and oxygen atoms in total. The summed E-state index contributed by atoms with van der Waals surface area (Å²) in [6.45, 7) is 0.511. The number of rotatable bonds is 2. The predicted molar refractivity (Wildman–Crippen MR) is 60.0 cm³/mol. The van der Waals surface area contributed by atoms with Crippen molar-refractivity contribution < 1.29 is 14.7 Å². The Hall–Kier alpha value is -2.44. The standard InChI is InChI=1S/C11H10N4O3/c16-10(14-5-7(6-14)11(17)18)8-3-13-15-2-1-12-4-9(8)15/h1-4,7H,5-6H2,(H,17,18). The normalized spacial score (nSPS) is 15.7. The summed E-state index contributed by atoms with van der Waals surface area (Å²) in [5, 5.41) is 12.8. The number of carboxylic acid groups (broad SMARTS) is 1. The molecule has 0 atom stereocenters. The van der Waals surface area contributed by atoms with E-state index in [0.717, 1.165) is 0 Å². The van der Waals surface area contributed by atoms with E-state index >= 15 is 0 Å². The van der Waals surface area contributed by atoms with Gasteiger partial charge in [0.05, 0.1) is 29.4 Å². The number of carbonyl (C=O) groups is 2. The molecule has 0 unspecified atom stereocenters. The van der Waals surface area contributed by atoms with E-state index < -0.39 is 11.9 Å². The van der Waals surface area contributed by atoms with Crippen LogP contribution in [0.25, 0.3) is 5.52 Å². The van der Waals surface area contributed by atoms with Gasteiger partial charge in [-0.05, 0) is 0 Å². The zero-order valence-electron chi connectivity index (χ0n) is 9.35. The molecule has 18 heavy (non-hydrogen) atoms. The van der Waals surface area contributed by atoms with Crippen LogP contribution in [0.3, 0.4) is 0 Å². The lowest BCUT2D eigenvalue weighted by Gasteiger charge is -2.36. The van der Waals surface area contributed by atoms with Crippen molar-refractivity contribution in [2.45, 2.75) is 0 Å². The molecule has 1 saturated heterocycles. The summed E-state index contributed by atoms with van der Waals surface area (Å²) < 4.78 is 1.56. The molecule has 3 rings (SSSR count). The molecule has 0 aliphatic carbocycles. The summed E-state index contributed by atoms with van der Waals surface area (Å²) in [6.07, 6.45) is 6.28. The Morgan fingerprint density at radius 3 is 2.83 bits per heavy atom. The second-order valence-electron chi connectivity index (χ2n) is 4.21. The largest absolute Gasteiger partial charge is 0.481 e. The molecule has 2 aromatic heterocycles. The van der Waals surface area contributed by atoms with Crippen LogP contribution in [0.2, 0.25) is 0 Å². The Labute approximate surface area is 102 Å². The summed E-state index contributed by atoms with van der Waals surface area (Å²) in [5.41, 5.74) is 1.08. The first-order chi connectivity index (χ1) is 8.66. The molecule has 92 valence electrons. The number of aliphatic carboxylic acids is 1. The molecule has 0 bridgehead atoms. The third-order valence-electron chi connectivity index (χ3n) is 3.07. The maximum absolute atomic E-state index is 12.1. The molecule has 1 aliphatic heterocycles. The number of amides is 1. The van der Waals surface area contributed by atoms with Crippen LogP contribution in [0.1, 0.15) is 10.4 Å². The molecule has 0 aromatic carbocycles. The van der Waals surface area contributed by atoms with Crippen LogP contribution < -0.4 is 0 Å². The van der Waals surface area contributed by atoms with Crippen molar-refractivity contribution in [3.63, 3.8) is 0 Å². The van der Waals surface area contributed by atoms with Crippen LogP contribution in [-0.2, 0) is 4.79 Å². The van der Waals surface area contributed by atoms with E-state index in [1.54, 1.807) is 23.1 Å². The lowest BCUT2D eigenvalue weighted by molar-refractivity contribution is -0.146. The average molecular weight is 246 g/mol. The molecule has 1 amide bonds. The number of nitrogens with zero attached hydrogens (tertiary/aromatic N) is 4. The van der Waals surface area contributed by atoms with Crippen molar-refractivity contribution >= 4 is 17.4 Å². The Morgan fingerprint density at radius 1 is 1.33 bits per heavy atom. The zero-order valence-corrected chi connectivity index (χ0v) is 9.35. The van der Waals surface area contributed by atoms with Crippen molar-refractivity contribution in [3.05, 3.63) is 30.4 Å². The number of hydrogen-bond acceptors (Lipinski definition) is 4. The summed E-state index contributed by atoms with van der Waals surface area (Å²) in [5.74, 6) is -1.51. The minimum Gasteiger partial charge on any atom is -0.481 e. The summed E-state index contributed by atoms with van der Waals surface area (Å²) in [4.78, 5) is 28.3. The van der Waals surface area contributed by atoms with Crippen molar-refractivity contribution in [2.24, 2.45) is 5.92 Å². The lowest BCUT2D eigenvalue weighted by Crippen LogP contribution is -2.53. The molecular weight excluding hydrogens is 236 g/mol. The van der Waals surface area contributed by atoms with Gasteiger partial charge < -0.3 is 10.0 Å². The Morgan fingerprint density at radius 2 is 2.11 bits per heavy atom. The van der Waals surface area contributed by atoms with Crippen molar-refractivity contribution in [2.75, 3.05) is 13.1 Å². The maximum Gasteiger partial charge on any atom is 0.310 e. The molecule has 0 spiro atoms. The Bertz CT molecular complexity index is 630. The van der Waals surface area contributed by atoms with E-state index in [9.17, 15) is 9.59 Å². The maximum atomic E-state index is 12.1. The first-order valence-corrected chi connectivity index (χ1v) is 5.46. The second kappa shape index (κ2) is 3.80. The molecule has 0 saturated carbocycles. The first kappa shape index (κ1) is 10.7. The third kappa shape index (κ3) is 1.52. The molecule has 1 aliphatic rings. The lowest BCUT2D eigenvalue weighted by atomic mass is 9.99. The highest BCUT2D eigenvalue weighted by Crippen LogP contribution is 2.20. The number of aromatic nitrogens is 3. The second-order valence-corrected chi connectivity index (χ2v) is 4.21. The van der Waals surface area contributed by atoms with Crippen LogP contribution >= 0.6 is 0 Å². The number of fused-ring (bicyclic) bond motifs is 1. The zero-order chi connectivity index (χ0) is 12.7. The van der Waals surface area contributed by atoms with E-state index in [0.29, 0.717) is 11.1 Å². The summed E-state index contributed by atoms with van der Waals surface area (Å²) in [7, 11) is 0. The molecule has 2 aromatic rings. The van der Waals surface area contributed by atoms with Crippen LogP contribution in [0, 0.1) is 5.92 Å². The fourth-order valence-electron chi connectivity index (χ4n) is 1.97. The van der Waals surface area contributed by atoms with Crippen LogP contribution in [0.4, 0.5) is 0 Å². The molecule has 3 heterocycles. The van der Waals surface area contributed by atoms with E-state index in [1.165, 1.54) is 11.1 Å². The van der Waals surface area contributed by atoms with Gasteiger partial charge in [-0.25, -0.2) is 4.52 Å². The van der Waals surface area contributed by atoms with Crippen LogP contribution in [0.5, 0.6) is 0 Å². The molecule has 1 N–H and O–H groups in total. The van der Waals surface area contributed by atoms with Crippen LogP contribution in [0.15, 0.2) is 24.8 Å². The SMILES string of the molecule is O=C(O)C1CN(C(=O)c2cnn3ccncc23)C1. The van der Waals surface area contributed by atoms with Gasteiger partial charge in [-0.2, -0.15) is 5.10 Å². The van der Waals surface area contributed by atoms with Gasteiger partial charge in [0.15, 0.2) is 0 Å². The van der Waals surface area contributed by atoms with Gasteiger partial charge in [0.25, 0.3) is 5.91 Å². The number of likely N-dealkylation sites (tertiary alicyclic amines) is 1. The summed E-state index contributed by atoms with van der Waals surface area (Å²) >= 11 is 0. The molecule has 0 radical (unpaired) electrons. The third-order valence-corrected chi connectivity index (χ3v) is 3.07. The highest BCUT2D eigenvalue weighted by molar-refractivity contribution is 6.01. The quantitative estimate of drug-likeness (QED) is 0.798. The van der Waals surface area contributed by atoms with E-state index in [4.69, 9.17) is 5.11 Å². The highest BCUT2D eigenvalue weighted by Gasteiger charge is 2.36. The van der Waals surface area contributed by atoms with Crippen molar-refractivity contribution in [1.82, 2.24) is 19.5 Å². The fraction of sp³-hybridized carbons (Fsp3) is 0.273. The van der Waals surface area contributed by atoms with Gasteiger partial charge in [0.1, 0.15) is 0 Å². The van der Waals surface area contributed by atoms with Gasteiger partial charge in [-0.1, -0.05) is 0 Å². The van der Waals surface area contributed by atoms with E-state index in [-0.39, 0.29) is 19.0 Å². The van der Waals surface area contributed by atoms with E-state index in [2.05, 4.69) is 10.1 Å². The van der Waals surface area contributed by atoms with Gasteiger partial charge in [0, 0.05) is 25.5 Å². The topological polar surface area (TPSA) is 87.8 Å². The van der Waals surface area contributed by atoms with Crippen molar-refractivity contribution in [1.29, 1.82) is 0 Å².